The Balaban J connectivity index is 1.02. The van der Waals surface area contributed by atoms with Crippen LogP contribution in [0.2, 0.25) is 0 Å². The molecule has 2 aromatic heterocycles. The summed E-state index contributed by atoms with van der Waals surface area (Å²) in [5.41, 5.74) is 2.73. The molecular formula is C30H21N5O3S4. The maximum Gasteiger partial charge on any atom is 0.256 e. The van der Waals surface area contributed by atoms with Gasteiger partial charge in [0.2, 0.25) is 11.0 Å². The van der Waals surface area contributed by atoms with Gasteiger partial charge in [-0.3, -0.25) is 19.7 Å². The highest BCUT2D eigenvalue weighted by Crippen LogP contribution is 2.32. The normalized spacial score (nSPS) is 11.0. The summed E-state index contributed by atoms with van der Waals surface area (Å²) in [6, 6.07) is 28.1. The van der Waals surface area contributed by atoms with Gasteiger partial charge in [-0.05, 0) is 35.0 Å². The molecule has 2 amide bonds. The van der Waals surface area contributed by atoms with Gasteiger partial charge in [0.25, 0.3) is 5.91 Å². The van der Waals surface area contributed by atoms with Crippen LogP contribution in [-0.4, -0.2) is 44.3 Å². The maximum absolute atomic E-state index is 13.0. The third-order valence-corrected chi connectivity index (χ3v) is 10.2. The lowest BCUT2D eigenvalue weighted by Gasteiger charge is -2.08. The highest BCUT2D eigenvalue weighted by atomic mass is 32.2. The Hall–Kier alpha value is -4.10. The molecule has 8 nitrogen and oxygen atoms in total. The number of nitrogens with one attached hydrogen (secondary N) is 2. The van der Waals surface area contributed by atoms with E-state index in [0.29, 0.717) is 26.3 Å². The van der Waals surface area contributed by atoms with Crippen molar-refractivity contribution >= 4 is 95.6 Å². The standard InChI is InChI=1S/C30H21N5O3S4/c36-24(19-8-2-1-3-9-19)16-39-30-35-34-28(42-30)33-26(37)17-40-29-32-23-14-13-20(15-25(23)41-29)31-27(38)22-12-6-10-18-7-4-5-11-21(18)22/h1-15H,16-17H2,(H,31,38)(H,33,34,37). The molecule has 2 N–H and O–H groups in total. The third-order valence-electron chi connectivity index (χ3n) is 6.06. The summed E-state index contributed by atoms with van der Waals surface area (Å²) in [6.07, 6.45) is 0. The number of carbonyl (C=O) groups is 3. The smallest absolute Gasteiger partial charge is 0.256 e. The van der Waals surface area contributed by atoms with E-state index in [1.807, 2.05) is 78.9 Å². The first-order chi connectivity index (χ1) is 20.5. The van der Waals surface area contributed by atoms with Gasteiger partial charge in [0.15, 0.2) is 14.5 Å². The molecule has 12 heteroatoms. The van der Waals surface area contributed by atoms with Gasteiger partial charge >= 0.3 is 0 Å². The first-order valence-corrected chi connectivity index (χ1v) is 16.3. The molecular weight excluding hydrogens is 607 g/mol. The predicted molar refractivity (Wildman–Crippen MR) is 172 cm³/mol. The number of hydrogen-bond acceptors (Lipinski definition) is 10. The van der Waals surface area contributed by atoms with Crippen molar-refractivity contribution in [1.82, 2.24) is 15.2 Å². The summed E-state index contributed by atoms with van der Waals surface area (Å²) in [5.74, 6) is -0.000500. The molecule has 2 heterocycles. The van der Waals surface area contributed by atoms with E-state index < -0.39 is 0 Å². The second kappa shape index (κ2) is 12.8. The van der Waals surface area contributed by atoms with E-state index in [9.17, 15) is 14.4 Å². The van der Waals surface area contributed by atoms with Crippen LogP contribution in [0.15, 0.2) is 99.7 Å². The van der Waals surface area contributed by atoms with E-state index in [-0.39, 0.29) is 29.1 Å². The van der Waals surface area contributed by atoms with Gasteiger partial charge in [-0.1, -0.05) is 102 Å². The van der Waals surface area contributed by atoms with Gasteiger partial charge in [-0.25, -0.2) is 4.98 Å². The molecule has 0 aliphatic rings. The number of benzene rings is 4. The number of carbonyl (C=O) groups excluding carboxylic acids is 3. The second-order valence-electron chi connectivity index (χ2n) is 8.93. The highest BCUT2D eigenvalue weighted by molar-refractivity contribution is 8.02. The number of fused-ring (bicyclic) bond motifs is 2. The lowest BCUT2D eigenvalue weighted by molar-refractivity contribution is -0.113. The van der Waals surface area contributed by atoms with Crippen LogP contribution in [0.5, 0.6) is 0 Å². The van der Waals surface area contributed by atoms with Crippen molar-refractivity contribution in [2.45, 2.75) is 8.68 Å². The fraction of sp³-hybridized carbons (Fsp3) is 0.0667. The molecule has 4 aromatic carbocycles. The number of nitrogens with zero attached hydrogens (tertiary/aromatic N) is 3. The molecule has 0 saturated heterocycles. The Morgan fingerprint density at radius 3 is 2.40 bits per heavy atom. The molecule has 0 unspecified atom stereocenters. The van der Waals surface area contributed by atoms with Crippen LogP contribution >= 0.6 is 46.2 Å². The summed E-state index contributed by atoms with van der Waals surface area (Å²) >= 11 is 5.30. The second-order valence-corrected chi connectivity index (χ2v) is 13.4. The molecule has 0 aliphatic heterocycles. The van der Waals surface area contributed by atoms with Gasteiger partial charge < -0.3 is 5.32 Å². The minimum Gasteiger partial charge on any atom is -0.322 e. The largest absolute Gasteiger partial charge is 0.322 e. The number of rotatable bonds is 10. The third kappa shape index (κ3) is 6.68. The minimum atomic E-state index is -0.227. The van der Waals surface area contributed by atoms with Gasteiger partial charge in [0, 0.05) is 16.8 Å². The van der Waals surface area contributed by atoms with Crippen LogP contribution in [0.4, 0.5) is 10.8 Å². The molecule has 0 fully saturated rings. The minimum absolute atomic E-state index is 0.00735. The zero-order valence-electron chi connectivity index (χ0n) is 21.8. The molecule has 0 atom stereocenters. The topological polar surface area (TPSA) is 114 Å². The van der Waals surface area contributed by atoms with Crippen LogP contribution in [0.1, 0.15) is 20.7 Å². The van der Waals surface area contributed by atoms with Crippen molar-refractivity contribution in [3.8, 4) is 0 Å². The SMILES string of the molecule is O=C(CSc1nc2ccc(NC(=O)c3cccc4ccccc34)cc2s1)Nc1nnc(SCC(=O)c2ccccc2)s1. The number of thioether (sulfide) groups is 2. The summed E-state index contributed by atoms with van der Waals surface area (Å²) in [5, 5.41) is 16.1. The van der Waals surface area contributed by atoms with Crippen LogP contribution in [0, 0.1) is 0 Å². The number of aromatic nitrogens is 3. The monoisotopic (exact) mass is 627 g/mol. The molecule has 6 rings (SSSR count). The van der Waals surface area contributed by atoms with Gasteiger partial charge in [0.1, 0.15) is 0 Å². The van der Waals surface area contributed by atoms with Crippen molar-refractivity contribution in [1.29, 1.82) is 0 Å². The fourth-order valence-corrected chi connectivity index (χ4v) is 7.67. The number of thiazole rings is 1. The number of hydrogen-bond donors (Lipinski definition) is 2. The molecule has 6 aromatic rings. The Bertz CT molecular complexity index is 1920. The van der Waals surface area contributed by atoms with Crippen LogP contribution in [-0.2, 0) is 4.79 Å². The lowest BCUT2D eigenvalue weighted by atomic mass is 10.0. The summed E-state index contributed by atoms with van der Waals surface area (Å²) < 4.78 is 2.26. The Morgan fingerprint density at radius 1 is 0.738 bits per heavy atom. The lowest BCUT2D eigenvalue weighted by Crippen LogP contribution is -2.13. The van der Waals surface area contributed by atoms with E-state index >= 15 is 0 Å². The number of anilines is 2. The molecule has 208 valence electrons. The van der Waals surface area contributed by atoms with Crippen LogP contribution in [0.25, 0.3) is 21.0 Å². The average Bonchev–Trinajstić information content (AvgIpc) is 3.65. The number of ketones is 1. The van der Waals surface area contributed by atoms with Crippen LogP contribution in [0.3, 0.4) is 0 Å². The molecule has 42 heavy (non-hydrogen) atoms. The van der Waals surface area contributed by atoms with Crippen molar-refractivity contribution in [3.05, 3.63) is 102 Å². The van der Waals surface area contributed by atoms with Crippen molar-refractivity contribution in [3.63, 3.8) is 0 Å². The van der Waals surface area contributed by atoms with Gasteiger partial charge in [0.05, 0.1) is 21.7 Å². The van der Waals surface area contributed by atoms with E-state index in [1.54, 1.807) is 12.1 Å². The Morgan fingerprint density at radius 2 is 1.52 bits per heavy atom. The number of amides is 2. The first kappa shape index (κ1) is 28.0. The molecule has 0 saturated carbocycles. The molecule has 0 spiro atoms. The number of Topliss-reactive ketones (excluding diaryl/α,β-unsaturated/α-hetero) is 1. The molecule has 0 aliphatic carbocycles. The average molecular weight is 628 g/mol. The van der Waals surface area contributed by atoms with Gasteiger partial charge in [-0.2, -0.15) is 0 Å². The summed E-state index contributed by atoms with van der Waals surface area (Å²) in [6.45, 7) is 0. The van der Waals surface area contributed by atoms with Crippen molar-refractivity contribution in [2.24, 2.45) is 0 Å². The molecule has 0 radical (unpaired) electrons. The summed E-state index contributed by atoms with van der Waals surface area (Å²) in [7, 11) is 0. The quantitative estimate of drug-likeness (QED) is 0.0927. The van der Waals surface area contributed by atoms with Crippen molar-refractivity contribution in [2.75, 3.05) is 22.1 Å². The Labute approximate surface area is 257 Å². The van der Waals surface area contributed by atoms with Crippen molar-refractivity contribution < 1.29 is 14.4 Å². The van der Waals surface area contributed by atoms with Crippen LogP contribution < -0.4 is 10.6 Å². The zero-order valence-corrected chi connectivity index (χ0v) is 25.0. The molecule has 0 bridgehead atoms. The van der Waals surface area contributed by atoms with E-state index in [0.717, 1.165) is 25.3 Å². The van der Waals surface area contributed by atoms with E-state index in [2.05, 4.69) is 25.8 Å². The predicted octanol–water partition coefficient (Wildman–Crippen LogP) is 7.26. The van der Waals surface area contributed by atoms with Gasteiger partial charge in [-0.15, -0.1) is 21.5 Å². The summed E-state index contributed by atoms with van der Waals surface area (Å²) in [4.78, 5) is 42.5. The maximum atomic E-state index is 13.0. The van der Waals surface area contributed by atoms with E-state index in [4.69, 9.17) is 0 Å². The Kier molecular flexibility index (Phi) is 8.56. The fourth-order valence-electron chi connectivity index (χ4n) is 4.10. The first-order valence-electron chi connectivity index (χ1n) is 12.7. The van der Waals surface area contributed by atoms with E-state index in [1.165, 1.54) is 46.2 Å². The zero-order chi connectivity index (χ0) is 28.9. The highest BCUT2D eigenvalue weighted by Gasteiger charge is 2.14.